The molecule has 0 fully saturated rings. The van der Waals surface area contributed by atoms with Crippen LogP contribution in [0.1, 0.15) is 51.0 Å². The molecule has 0 heterocycles. The van der Waals surface area contributed by atoms with Crippen LogP contribution in [0.25, 0.3) is 0 Å². The van der Waals surface area contributed by atoms with E-state index in [0.29, 0.717) is 13.0 Å². The van der Waals surface area contributed by atoms with E-state index in [2.05, 4.69) is 6.92 Å². The molecule has 1 rings (SSSR count). The summed E-state index contributed by atoms with van der Waals surface area (Å²) in [5, 5.41) is 9.27. The number of phenols is 1. The number of hydrogen-bond acceptors (Lipinski definition) is 3. The summed E-state index contributed by atoms with van der Waals surface area (Å²) in [5.74, 6) is 0.297. The standard InChI is InChI=1S/C15H22O3/c1-3-5-13(11-15(17)18-10-4-2)12-6-8-14(16)9-7-12/h6-9,13,16H,3-5,10-11H2,1-2H3. The largest absolute Gasteiger partial charge is 0.508 e. The summed E-state index contributed by atoms with van der Waals surface area (Å²) < 4.78 is 5.12. The highest BCUT2D eigenvalue weighted by Gasteiger charge is 2.16. The average molecular weight is 250 g/mol. The van der Waals surface area contributed by atoms with Gasteiger partial charge in [-0.3, -0.25) is 4.79 Å². The Hall–Kier alpha value is -1.51. The number of carbonyl (C=O) groups excluding carboxylic acids is 1. The van der Waals surface area contributed by atoms with Crippen molar-refractivity contribution in [1.82, 2.24) is 0 Å². The van der Waals surface area contributed by atoms with Gasteiger partial charge >= 0.3 is 5.97 Å². The first-order chi connectivity index (χ1) is 8.67. The number of esters is 1. The van der Waals surface area contributed by atoms with E-state index in [9.17, 15) is 9.90 Å². The van der Waals surface area contributed by atoms with Crippen LogP contribution in [0.15, 0.2) is 24.3 Å². The number of rotatable bonds is 7. The minimum absolute atomic E-state index is 0.136. The zero-order valence-electron chi connectivity index (χ0n) is 11.2. The summed E-state index contributed by atoms with van der Waals surface area (Å²) in [6.07, 6.45) is 3.24. The van der Waals surface area contributed by atoms with E-state index in [1.165, 1.54) is 0 Å². The quantitative estimate of drug-likeness (QED) is 0.752. The van der Waals surface area contributed by atoms with E-state index in [1.807, 2.05) is 19.1 Å². The maximum absolute atomic E-state index is 11.7. The molecule has 0 aromatic heterocycles. The van der Waals surface area contributed by atoms with Crippen LogP contribution < -0.4 is 0 Å². The molecule has 18 heavy (non-hydrogen) atoms. The van der Waals surface area contributed by atoms with Crippen molar-refractivity contribution in [2.45, 2.75) is 45.4 Å². The van der Waals surface area contributed by atoms with Gasteiger partial charge in [0.05, 0.1) is 13.0 Å². The van der Waals surface area contributed by atoms with Gasteiger partial charge in [-0.25, -0.2) is 0 Å². The van der Waals surface area contributed by atoms with Gasteiger partial charge in [-0.15, -0.1) is 0 Å². The second-order valence-corrected chi connectivity index (χ2v) is 4.50. The van der Waals surface area contributed by atoms with Crippen molar-refractivity contribution in [3.63, 3.8) is 0 Å². The maximum Gasteiger partial charge on any atom is 0.306 e. The second-order valence-electron chi connectivity index (χ2n) is 4.50. The van der Waals surface area contributed by atoms with Crippen molar-refractivity contribution in [3.8, 4) is 5.75 Å². The highest BCUT2D eigenvalue weighted by Crippen LogP contribution is 2.26. The molecule has 3 heteroatoms. The zero-order chi connectivity index (χ0) is 13.4. The van der Waals surface area contributed by atoms with Gasteiger partial charge in [-0.1, -0.05) is 32.4 Å². The van der Waals surface area contributed by atoms with Gasteiger partial charge in [0.25, 0.3) is 0 Å². The maximum atomic E-state index is 11.7. The first-order valence-corrected chi connectivity index (χ1v) is 6.61. The second kappa shape index (κ2) is 7.75. The topological polar surface area (TPSA) is 46.5 Å². The minimum atomic E-state index is -0.136. The van der Waals surface area contributed by atoms with Crippen molar-refractivity contribution in [3.05, 3.63) is 29.8 Å². The molecular weight excluding hydrogens is 228 g/mol. The number of phenolic OH excluding ortho intramolecular Hbond substituents is 1. The highest BCUT2D eigenvalue weighted by molar-refractivity contribution is 5.70. The van der Waals surface area contributed by atoms with Crippen LogP contribution in [0.4, 0.5) is 0 Å². The van der Waals surface area contributed by atoms with Gasteiger partial charge in [0.15, 0.2) is 0 Å². The Morgan fingerprint density at radius 2 is 1.89 bits per heavy atom. The summed E-state index contributed by atoms with van der Waals surface area (Å²) in [7, 11) is 0. The van der Waals surface area contributed by atoms with Crippen LogP contribution in [0.5, 0.6) is 5.75 Å². The average Bonchev–Trinajstić information content (AvgIpc) is 2.37. The van der Waals surface area contributed by atoms with Gasteiger partial charge in [-0.2, -0.15) is 0 Å². The molecule has 0 aliphatic rings. The van der Waals surface area contributed by atoms with E-state index >= 15 is 0 Å². The Labute approximate surface area is 109 Å². The summed E-state index contributed by atoms with van der Waals surface area (Å²) in [4.78, 5) is 11.7. The molecule has 0 bridgehead atoms. The number of benzene rings is 1. The van der Waals surface area contributed by atoms with E-state index in [-0.39, 0.29) is 17.6 Å². The fourth-order valence-corrected chi connectivity index (χ4v) is 1.96. The molecule has 1 unspecified atom stereocenters. The molecule has 0 saturated carbocycles. The van der Waals surface area contributed by atoms with Crippen LogP contribution in [0, 0.1) is 0 Å². The molecule has 0 saturated heterocycles. The molecule has 0 radical (unpaired) electrons. The monoisotopic (exact) mass is 250 g/mol. The molecular formula is C15H22O3. The summed E-state index contributed by atoms with van der Waals surface area (Å²) in [6.45, 7) is 4.58. The van der Waals surface area contributed by atoms with Crippen LogP contribution in [-0.4, -0.2) is 17.7 Å². The predicted octanol–water partition coefficient (Wildman–Crippen LogP) is 3.62. The van der Waals surface area contributed by atoms with Crippen LogP contribution in [0.3, 0.4) is 0 Å². The lowest BCUT2D eigenvalue weighted by Gasteiger charge is -2.16. The molecule has 0 spiro atoms. The van der Waals surface area contributed by atoms with E-state index in [4.69, 9.17) is 4.74 Å². The third-order valence-electron chi connectivity index (χ3n) is 2.88. The highest BCUT2D eigenvalue weighted by atomic mass is 16.5. The Balaban J connectivity index is 2.64. The van der Waals surface area contributed by atoms with Crippen LogP contribution >= 0.6 is 0 Å². The third kappa shape index (κ3) is 4.78. The predicted molar refractivity (Wildman–Crippen MR) is 71.6 cm³/mol. The minimum Gasteiger partial charge on any atom is -0.508 e. The SMILES string of the molecule is CCCOC(=O)CC(CCC)c1ccc(O)cc1. The fourth-order valence-electron chi connectivity index (χ4n) is 1.96. The number of hydrogen-bond donors (Lipinski definition) is 1. The molecule has 100 valence electrons. The van der Waals surface area contributed by atoms with Crippen molar-refractivity contribution in [1.29, 1.82) is 0 Å². The van der Waals surface area contributed by atoms with Crippen molar-refractivity contribution in [2.75, 3.05) is 6.61 Å². The lowest BCUT2D eigenvalue weighted by atomic mass is 9.91. The van der Waals surface area contributed by atoms with Gasteiger partial charge in [0.1, 0.15) is 5.75 Å². The Bertz CT molecular complexity index is 357. The van der Waals surface area contributed by atoms with Crippen LogP contribution in [-0.2, 0) is 9.53 Å². The number of carbonyl (C=O) groups is 1. The lowest BCUT2D eigenvalue weighted by molar-refractivity contribution is -0.144. The molecule has 1 N–H and O–H groups in total. The summed E-state index contributed by atoms with van der Waals surface area (Å²) >= 11 is 0. The van der Waals surface area contributed by atoms with E-state index < -0.39 is 0 Å². The Kier molecular flexibility index (Phi) is 6.26. The van der Waals surface area contributed by atoms with Gasteiger partial charge < -0.3 is 9.84 Å². The molecule has 0 aliphatic heterocycles. The van der Waals surface area contributed by atoms with Gasteiger partial charge in [0, 0.05) is 0 Å². The zero-order valence-corrected chi connectivity index (χ0v) is 11.2. The number of ether oxygens (including phenoxy) is 1. The summed E-state index contributed by atoms with van der Waals surface area (Å²) in [5.41, 5.74) is 1.09. The normalized spacial score (nSPS) is 12.1. The first kappa shape index (κ1) is 14.6. The van der Waals surface area contributed by atoms with Crippen molar-refractivity contribution < 1.29 is 14.6 Å². The Morgan fingerprint density at radius 1 is 1.22 bits per heavy atom. The number of aromatic hydroxyl groups is 1. The van der Waals surface area contributed by atoms with Gasteiger partial charge in [0.2, 0.25) is 0 Å². The fraction of sp³-hybridized carbons (Fsp3) is 0.533. The van der Waals surface area contributed by atoms with Gasteiger partial charge in [-0.05, 0) is 36.5 Å². The molecule has 1 atom stereocenters. The first-order valence-electron chi connectivity index (χ1n) is 6.61. The molecule has 0 aliphatic carbocycles. The molecule has 0 amide bonds. The van der Waals surface area contributed by atoms with Crippen molar-refractivity contribution in [2.24, 2.45) is 0 Å². The molecule has 1 aromatic carbocycles. The molecule has 1 aromatic rings. The van der Waals surface area contributed by atoms with E-state index in [0.717, 1.165) is 24.8 Å². The summed E-state index contributed by atoms with van der Waals surface area (Å²) in [6, 6.07) is 7.08. The molecule has 3 nitrogen and oxygen atoms in total. The smallest absolute Gasteiger partial charge is 0.306 e. The van der Waals surface area contributed by atoms with Crippen LogP contribution in [0.2, 0.25) is 0 Å². The third-order valence-corrected chi connectivity index (χ3v) is 2.88. The lowest BCUT2D eigenvalue weighted by Crippen LogP contribution is -2.11. The Morgan fingerprint density at radius 3 is 2.44 bits per heavy atom. The van der Waals surface area contributed by atoms with Crippen molar-refractivity contribution >= 4 is 5.97 Å². The van der Waals surface area contributed by atoms with E-state index in [1.54, 1.807) is 12.1 Å².